The molecule has 0 spiro atoms. The Bertz CT molecular complexity index is 3140. The van der Waals surface area contributed by atoms with Crippen molar-refractivity contribution in [3.05, 3.63) is 193 Å². The van der Waals surface area contributed by atoms with E-state index in [-0.39, 0.29) is 61.5 Å². The number of benzene rings is 6. The summed E-state index contributed by atoms with van der Waals surface area (Å²) in [6.45, 7) is 11.5. The van der Waals surface area contributed by atoms with Crippen molar-refractivity contribution in [1.82, 2.24) is 30.2 Å². The van der Waals surface area contributed by atoms with Crippen molar-refractivity contribution in [2.24, 2.45) is 11.8 Å². The van der Waals surface area contributed by atoms with Gasteiger partial charge in [0.05, 0.1) is 12.8 Å². The first-order valence-corrected chi connectivity index (χ1v) is 28.2. The number of amides is 6. The predicted molar refractivity (Wildman–Crippen MR) is 316 cm³/mol. The average Bonchev–Trinajstić information content (AvgIpc) is 3.73. The third-order valence-electron chi connectivity index (χ3n) is 14.7. The molecule has 2 saturated heterocycles. The number of fused-ring (bicyclic) bond motifs is 2. The maximum absolute atomic E-state index is 13.6. The number of ether oxygens (including phenoxy) is 2. The third-order valence-corrected chi connectivity index (χ3v) is 14.7. The quantitative estimate of drug-likeness (QED) is 0.0337. The zero-order valence-corrected chi connectivity index (χ0v) is 46.6. The van der Waals surface area contributed by atoms with Crippen molar-refractivity contribution < 1.29 is 47.8 Å². The molecule has 82 heavy (non-hydrogen) atoms. The highest BCUT2D eigenvalue weighted by molar-refractivity contribution is 6.07. The van der Waals surface area contributed by atoms with Gasteiger partial charge in [0.15, 0.2) is 0 Å². The summed E-state index contributed by atoms with van der Waals surface area (Å²) in [5.74, 6) is -2.68. The molecule has 0 bridgehead atoms. The maximum Gasteiger partial charge on any atom is 0.306 e. The number of piperazine rings is 2. The molecule has 2 fully saturated rings. The monoisotopic (exact) mass is 1110 g/mol. The molecule has 2 aliphatic rings. The van der Waals surface area contributed by atoms with Crippen LogP contribution in [0.15, 0.2) is 171 Å². The molecule has 8 rings (SSSR count). The van der Waals surface area contributed by atoms with Gasteiger partial charge >= 0.3 is 11.9 Å². The van der Waals surface area contributed by atoms with Gasteiger partial charge in [-0.05, 0) is 88.7 Å². The molecule has 0 unspecified atom stereocenters. The number of carbonyl (C=O) groups is 8. The van der Waals surface area contributed by atoms with Crippen LogP contribution in [0, 0.1) is 11.8 Å². The fourth-order valence-corrected chi connectivity index (χ4v) is 10.1. The molecule has 6 aromatic carbocycles. The minimum Gasteiger partial charge on any atom is -0.461 e. The Morgan fingerprint density at radius 1 is 0.451 bits per heavy atom. The smallest absolute Gasteiger partial charge is 0.306 e. The fourth-order valence-electron chi connectivity index (χ4n) is 10.1. The Labute approximate surface area is 480 Å². The van der Waals surface area contributed by atoms with Gasteiger partial charge in [-0.25, -0.2) is 0 Å². The zero-order valence-electron chi connectivity index (χ0n) is 46.6. The summed E-state index contributed by atoms with van der Waals surface area (Å²) < 4.78 is 10.9. The molecule has 2 N–H and O–H groups in total. The Morgan fingerprint density at radius 3 is 1.38 bits per heavy atom. The summed E-state index contributed by atoms with van der Waals surface area (Å²) in [5, 5.41) is 9.49. The Kier molecular flexibility index (Phi) is 23.5. The van der Waals surface area contributed by atoms with E-state index in [0.29, 0.717) is 115 Å². The van der Waals surface area contributed by atoms with Crippen LogP contribution in [0.2, 0.25) is 0 Å². The van der Waals surface area contributed by atoms with Crippen LogP contribution in [0.5, 0.6) is 0 Å². The highest BCUT2D eigenvalue weighted by Gasteiger charge is 2.33. The molecule has 2 heterocycles. The van der Waals surface area contributed by atoms with Crippen molar-refractivity contribution in [2.75, 3.05) is 65.4 Å². The second-order valence-electron chi connectivity index (χ2n) is 20.4. The number of esters is 2. The first-order chi connectivity index (χ1) is 39.9. The number of carbonyl (C=O) groups excluding carboxylic acids is 8. The molecule has 0 aromatic heterocycles. The van der Waals surface area contributed by atoms with E-state index in [4.69, 9.17) is 9.47 Å². The maximum atomic E-state index is 13.6. The van der Waals surface area contributed by atoms with Crippen LogP contribution in [-0.4, -0.2) is 132 Å². The van der Waals surface area contributed by atoms with E-state index in [1.165, 1.54) is 12.2 Å². The summed E-state index contributed by atoms with van der Waals surface area (Å²) in [6, 6.07) is 46.0. The van der Waals surface area contributed by atoms with E-state index in [2.05, 4.69) is 23.8 Å². The lowest BCUT2D eigenvalue weighted by Gasteiger charge is -2.36. The van der Waals surface area contributed by atoms with Crippen LogP contribution in [0.3, 0.4) is 0 Å². The van der Waals surface area contributed by atoms with Gasteiger partial charge in [-0.2, -0.15) is 0 Å². The van der Waals surface area contributed by atoms with Gasteiger partial charge in [-0.1, -0.05) is 153 Å². The van der Waals surface area contributed by atoms with Crippen LogP contribution >= 0.6 is 0 Å². The fraction of sp³-hybridized carbons (Fsp3) is 0.333. The standard InChI is InChI=1S/2C33H37N3O5/c1-2-30(37)34-18-9-8-14-27(23-31(38)41-24-25-11-4-3-5-12-25)32(39)35-19-21-36(22-20-35)33(40)29-17-10-15-26-13-6-7-16-28(26)29;1-2-30(37)34-17-9-8-14-28(23-31(38)41-24-25-10-4-3-5-11-25)32(39)35-18-20-36(21-19-35)33(40)29-16-15-26-12-6-7-13-27(26)22-29/h2-7,10-13,15-17,27H,1,8-9,14,18-24H2,(H,34,37);2-7,10-13,15-16,22,28H,1,8-9,14,17-21,23-24H2,(H,34,37)/t27-;28-/m11/s1. The Balaban J connectivity index is 0.000000236. The van der Waals surface area contributed by atoms with Gasteiger partial charge in [0.2, 0.25) is 23.6 Å². The van der Waals surface area contributed by atoms with Gasteiger partial charge in [-0.15, -0.1) is 0 Å². The number of unbranched alkanes of at least 4 members (excludes halogenated alkanes) is 2. The van der Waals surface area contributed by atoms with Gasteiger partial charge in [-0.3, -0.25) is 38.4 Å². The molecular weight excluding hydrogens is 1040 g/mol. The first-order valence-electron chi connectivity index (χ1n) is 28.2. The van der Waals surface area contributed by atoms with Gasteiger partial charge in [0.25, 0.3) is 11.8 Å². The highest BCUT2D eigenvalue weighted by Crippen LogP contribution is 2.25. The molecule has 0 radical (unpaired) electrons. The number of hydrogen-bond acceptors (Lipinski definition) is 10. The van der Waals surface area contributed by atoms with Crippen LogP contribution < -0.4 is 10.6 Å². The van der Waals surface area contributed by atoms with Crippen LogP contribution in [-0.2, 0) is 51.5 Å². The molecule has 16 heteroatoms. The average molecular weight is 1110 g/mol. The summed E-state index contributed by atoms with van der Waals surface area (Å²) in [5.41, 5.74) is 3.05. The lowest BCUT2D eigenvalue weighted by atomic mass is 9.96. The van der Waals surface area contributed by atoms with Crippen molar-refractivity contribution in [3.8, 4) is 0 Å². The van der Waals surface area contributed by atoms with Gasteiger partial charge in [0, 0.05) is 88.4 Å². The number of nitrogens with one attached hydrogen (secondary N) is 2. The molecule has 428 valence electrons. The number of rotatable bonds is 24. The topological polar surface area (TPSA) is 192 Å². The number of nitrogens with zero attached hydrogens (tertiary/aromatic N) is 4. The van der Waals surface area contributed by atoms with Gasteiger partial charge in [0.1, 0.15) is 13.2 Å². The second kappa shape index (κ2) is 31.8. The molecule has 16 nitrogen and oxygen atoms in total. The van der Waals surface area contributed by atoms with E-state index >= 15 is 0 Å². The normalized spacial score (nSPS) is 13.9. The summed E-state index contributed by atoms with van der Waals surface area (Å²) in [4.78, 5) is 109. The molecule has 2 atom stereocenters. The van der Waals surface area contributed by atoms with E-state index in [1.807, 2.05) is 146 Å². The first kappa shape index (κ1) is 60.7. The summed E-state index contributed by atoms with van der Waals surface area (Å²) in [6.07, 6.45) is 6.10. The summed E-state index contributed by atoms with van der Waals surface area (Å²) in [7, 11) is 0. The SMILES string of the molecule is C=CC(=O)NCCCC[C@H](CC(=O)OCc1ccccc1)C(=O)N1CCN(C(=O)c2ccc3ccccc3c2)CC1.C=CC(=O)NCCCC[C@H](CC(=O)OCc1ccccc1)C(=O)N1CCN(C(=O)c2cccc3ccccc23)CC1. The molecule has 2 aliphatic heterocycles. The van der Waals surface area contributed by atoms with Crippen LogP contribution in [0.1, 0.15) is 83.2 Å². The molecule has 0 saturated carbocycles. The number of hydrogen-bond donors (Lipinski definition) is 2. The molecular formula is C66H74N6O10. The lowest BCUT2D eigenvalue weighted by Crippen LogP contribution is -2.52. The van der Waals surface area contributed by atoms with Crippen molar-refractivity contribution in [1.29, 1.82) is 0 Å². The molecule has 6 aromatic rings. The lowest BCUT2D eigenvalue weighted by molar-refractivity contribution is -0.150. The van der Waals surface area contributed by atoms with E-state index < -0.39 is 23.8 Å². The molecule has 6 amide bonds. The van der Waals surface area contributed by atoms with Crippen molar-refractivity contribution >= 4 is 68.9 Å². The largest absolute Gasteiger partial charge is 0.461 e. The highest BCUT2D eigenvalue weighted by atomic mass is 16.5. The van der Waals surface area contributed by atoms with Crippen LogP contribution in [0.4, 0.5) is 0 Å². The van der Waals surface area contributed by atoms with Crippen molar-refractivity contribution in [2.45, 2.75) is 64.6 Å². The van der Waals surface area contributed by atoms with Gasteiger partial charge < -0.3 is 39.7 Å². The minimum atomic E-state index is -0.534. The van der Waals surface area contributed by atoms with E-state index in [0.717, 1.165) is 32.7 Å². The zero-order chi connectivity index (χ0) is 58.1. The van der Waals surface area contributed by atoms with E-state index in [1.54, 1.807) is 19.6 Å². The second-order valence-corrected chi connectivity index (χ2v) is 20.4. The predicted octanol–water partition coefficient (Wildman–Crippen LogP) is 8.69. The minimum absolute atomic E-state index is 0.0130. The Morgan fingerprint density at radius 2 is 0.878 bits per heavy atom. The summed E-state index contributed by atoms with van der Waals surface area (Å²) >= 11 is 0. The van der Waals surface area contributed by atoms with Crippen LogP contribution in [0.25, 0.3) is 21.5 Å². The van der Waals surface area contributed by atoms with E-state index in [9.17, 15) is 38.4 Å². The Hall–Kier alpha value is -8.92. The third kappa shape index (κ3) is 18.3. The molecule has 0 aliphatic carbocycles. The van der Waals surface area contributed by atoms with Crippen molar-refractivity contribution in [3.63, 3.8) is 0 Å².